The molecule has 2 saturated heterocycles. The lowest BCUT2D eigenvalue weighted by Crippen LogP contribution is -2.53. The zero-order valence-electron chi connectivity index (χ0n) is 13.1. The monoisotopic (exact) mass is 296 g/mol. The van der Waals surface area contributed by atoms with Gasteiger partial charge in [-0.2, -0.15) is 0 Å². The minimum absolute atomic E-state index is 0.105. The molecule has 3 fully saturated rings. The first-order valence-corrected chi connectivity index (χ1v) is 8.51. The molecule has 1 unspecified atom stereocenters. The van der Waals surface area contributed by atoms with Crippen molar-refractivity contribution < 1.29 is 14.3 Å². The summed E-state index contributed by atoms with van der Waals surface area (Å²) in [7, 11) is 0. The van der Waals surface area contributed by atoms with Crippen molar-refractivity contribution in [1.82, 2.24) is 10.2 Å². The van der Waals surface area contributed by atoms with Crippen LogP contribution in [-0.2, 0) is 9.47 Å². The van der Waals surface area contributed by atoms with Crippen LogP contribution in [0, 0.1) is 5.92 Å². The van der Waals surface area contributed by atoms with Crippen LogP contribution < -0.4 is 5.32 Å². The summed E-state index contributed by atoms with van der Waals surface area (Å²) in [5, 5.41) is 3.22. The van der Waals surface area contributed by atoms with Crippen LogP contribution in [0.15, 0.2) is 0 Å². The van der Waals surface area contributed by atoms with Gasteiger partial charge in [0, 0.05) is 25.0 Å². The van der Waals surface area contributed by atoms with Crippen molar-refractivity contribution in [2.75, 3.05) is 26.3 Å². The van der Waals surface area contributed by atoms with Crippen molar-refractivity contribution in [3.63, 3.8) is 0 Å². The molecule has 0 aromatic heterocycles. The largest absolute Gasteiger partial charge is 0.347 e. The fourth-order valence-electron chi connectivity index (χ4n) is 3.87. The smallest absolute Gasteiger partial charge is 0.317 e. The van der Waals surface area contributed by atoms with E-state index in [1.165, 1.54) is 19.3 Å². The molecule has 2 heterocycles. The third-order valence-electron chi connectivity index (χ3n) is 5.24. The highest BCUT2D eigenvalue weighted by molar-refractivity contribution is 5.74. The summed E-state index contributed by atoms with van der Waals surface area (Å²) in [4.78, 5) is 14.4. The van der Waals surface area contributed by atoms with Gasteiger partial charge in [-0.25, -0.2) is 4.79 Å². The molecule has 3 aliphatic rings. The molecule has 1 N–H and O–H groups in total. The van der Waals surface area contributed by atoms with E-state index in [-0.39, 0.29) is 11.9 Å². The third-order valence-corrected chi connectivity index (χ3v) is 5.24. The molecule has 0 radical (unpaired) electrons. The zero-order chi connectivity index (χ0) is 14.7. The lowest BCUT2D eigenvalue weighted by molar-refractivity contribution is -0.189. The SMILES string of the molecule is CC1(C2CCCN(C(=O)NC3CCCCC3)C2)OCCO1. The van der Waals surface area contributed by atoms with Crippen LogP contribution in [0.5, 0.6) is 0 Å². The minimum atomic E-state index is -0.496. The number of nitrogens with one attached hydrogen (secondary N) is 1. The van der Waals surface area contributed by atoms with Gasteiger partial charge >= 0.3 is 6.03 Å². The predicted molar refractivity (Wildman–Crippen MR) is 80.0 cm³/mol. The second-order valence-corrected chi connectivity index (χ2v) is 6.78. The van der Waals surface area contributed by atoms with E-state index >= 15 is 0 Å². The van der Waals surface area contributed by atoms with Gasteiger partial charge in [-0.1, -0.05) is 19.3 Å². The predicted octanol–water partition coefficient (Wildman–Crippen LogP) is 2.50. The van der Waals surface area contributed by atoms with Gasteiger partial charge in [0.05, 0.1) is 13.2 Å². The van der Waals surface area contributed by atoms with Crippen LogP contribution in [0.1, 0.15) is 51.9 Å². The van der Waals surface area contributed by atoms with Gasteiger partial charge in [0.15, 0.2) is 5.79 Å². The maximum Gasteiger partial charge on any atom is 0.317 e. The highest BCUT2D eigenvalue weighted by Gasteiger charge is 2.42. The van der Waals surface area contributed by atoms with Crippen LogP contribution in [0.25, 0.3) is 0 Å². The molecule has 2 amide bonds. The molecule has 1 atom stereocenters. The molecule has 0 aromatic rings. The van der Waals surface area contributed by atoms with E-state index < -0.39 is 5.79 Å². The molecule has 21 heavy (non-hydrogen) atoms. The van der Waals surface area contributed by atoms with Crippen molar-refractivity contribution in [3.8, 4) is 0 Å². The van der Waals surface area contributed by atoms with Gasteiger partial charge in [0.1, 0.15) is 0 Å². The van der Waals surface area contributed by atoms with E-state index in [0.717, 1.165) is 38.8 Å². The summed E-state index contributed by atoms with van der Waals surface area (Å²) in [5.41, 5.74) is 0. The summed E-state index contributed by atoms with van der Waals surface area (Å²) in [6.45, 7) is 4.95. The van der Waals surface area contributed by atoms with Crippen LogP contribution >= 0.6 is 0 Å². The van der Waals surface area contributed by atoms with E-state index in [4.69, 9.17) is 9.47 Å². The highest BCUT2D eigenvalue weighted by Crippen LogP contribution is 2.34. The molecule has 120 valence electrons. The summed E-state index contributed by atoms with van der Waals surface area (Å²) in [5.74, 6) is -0.213. The Hall–Kier alpha value is -0.810. The number of hydrogen-bond donors (Lipinski definition) is 1. The van der Waals surface area contributed by atoms with Gasteiger partial charge in [0.25, 0.3) is 0 Å². The Morgan fingerprint density at radius 1 is 1.10 bits per heavy atom. The summed E-state index contributed by atoms with van der Waals surface area (Å²) in [6.07, 6.45) is 8.17. The van der Waals surface area contributed by atoms with Crippen LogP contribution in [-0.4, -0.2) is 49.1 Å². The number of amides is 2. The standard InChI is InChI=1S/C16H28N2O3/c1-16(20-10-11-21-16)13-6-5-9-18(12-13)15(19)17-14-7-3-2-4-8-14/h13-14H,2-12H2,1H3,(H,17,19). The molecule has 5 nitrogen and oxygen atoms in total. The Kier molecular flexibility index (Phi) is 4.69. The summed E-state index contributed by atoms with van der Waals surface area (Å²) >= 11 is 0. The number of piperidine rings is 1. The fraction of sp³-hybridized carbons (Fsp3) is 0.938. The number of carbonyl (C=O) groups is 1. The van der Waals surface area contributed by atoms with Crippen molar-refractivity contribution in [3.05, 3.63) is 0 Å². The lowest BCUT2D eigenvalue weighted by Gasteiger charge is -2.40. The Morgan fingerprint density at radius 3 is 2.52 bits per heavy atom. The quantitative estimate of drug-likeness (QED) is 0.852. The van der Waals surface area contributed by atoms with E-state index in [9.17, 15) is 4.79 Å². The van der Waals surface area contributed by atoms with Crippen molar-refractivity contribution >= 4 is 6.03 Å². The molecule has 2 aliphatic heterocycles. The molecule has 0 spiro atoms. The number of carbonyl (C=O) groups excluding carboxylic acids is 1. The number of ether oxygens (including phenoxy) is 2. The van der Waals surface area contributed by atoms with Gasteiger partial charge in [-0.15, -0.1) is 0 Å². The van der Waals surface area contributed by atoms with Crippen LogP contribution in [0.2, 0.25) is 0 Å². The first-order valence-electron chi connectivity index (χ1n) is 8.51. The van der Waals surface area contributed by atoms with E-state index in [2.05, 4.69) is 5.32 Å². The third kappa shape index (κ3) is 3.51. The molecule has 5 heteroatoms. The molecule has 1 aliphatic carbocycles. The van der Waals surface area contributed by atoms with E-state index in [0.29, 0.717) is 19.3 Å². The average Bonchev–Trinajstić information content (AvgIpc) is 2.97. The van der Waals surface area contributed by atoms with E-state index in [1.807, 2.05) is 11.8 Å². The topological polar surface area (TPSA) is 50.8 Å². The van der Waals surface area contributed by atoms with Crippen molar-refractivity contribution in [1.29, 1.82) is 0 Å². The van der Waals surface area contributed by atoms with Crippen LogP contribution in [0.3, 0.4) is 0 Å². The summed E-state index contributed by atoms with van der Waals surface area (Å²) in [6, 6.07) is 0.481. The summed E-state index contributed by atoms with van der Waals surface area (Å²) < 4.78 is 11.6. The number of urea groups is 1. The zero-order valence-corrected chi connectivity index (χ0v) is 13.1. The Labute approximate surface area is 127 Å². The molecule has 0 aromatic carbocycles. The van der Waals surface area contributed by atoms with Crippen molar-refractivity contribution in [2.45, 2.75) is 63.7 Å². The Bertz CT molecular complexity index is 363. The second kappa shape index (κ2) is 6.53. The van der Waals surface area contributed by atoms with Gasteiger partial charge in [-0.05, 0) is 32.6 Å². The van der Waals surface area contributed by atoms with Crippen LogP contribution in [0.4, 0.5) is 4.79 Å². The maximum atomic E-state index is 12.5. The fourth-order valence-corrected chi connectivity index (χ4v) is 3.87. The molecule has 3 rings (SSSR count). The number of rotatable bonds is 2. The Morgan fingerprint density at radius 2 is 1.81 bits per heavy atom. The van der Waals surface area contributed by atoms with Gasteiger partial charge in [-0.3, -0.25) is 0 Å². The molecule has 1 saturated carbocycles. The normalized spacial score (nSPS) is 30.3. The average molecular weight is 296 g/mol. The Balaban J connectivity index is 1.53. The van der Waals surface area contributed by atoms with Gasteiger partial charge in [0.2, 0.25) is 0 Å². The number of nitrogens with zero attached hydrogens (tertiary/aromatic N) is 1. The first kappa shape index (κ1) is 15.1. The number of hydrogen-bond acceptors (Lipinski definition) is 3. The maximum absolute atomic E-state index is 12.5. The van der Waals surface area contributed by atoms with Crippen molar-refractivity contribution in [2.24, 2.45) is 5.92 Å². The molecular weight excluding hydrogens is 268 g/mol. The minimum Gasteiger partial charge on any atom is -0.347 e. The highest BCUT2D eigenvalue weighted by atomic mass is 16.7. The number of likely N-dealkylation sites (tertiary alicyclic amines) is 1. The second-order valence-electron chi connectivity index (χ2n) is 6.78. The molecular formula is C16H28N2O3. The molecule has 0 bridgehead atoms. The van der Waals surface area contributed by atoms with E-state index in [1.54, 1.807) is 0 Å². The van der Waals surface area contributed by atoms with Gasteiger partial charge < -0.3 is 19.7 Å². The lowest BCUT2D eigenvalue weighted by atomic mass is 9.90. The first-order chi connectivity index (χ1) is 10.2.